The number of unbranched alkanes of at least 4 members (excludes halogenated alkanes) is 1. The van der Waals surface area contributed by atoms with E-state index in [2.05, 4.69) is 13.8 Å². The first-order chi connectivity index (χ1) is 11.6. The van der Waals surface area contributed by atoms with E-state index in [4.69, 9.17) is 9.47 Å². The highest BCUT2D eigenvalue weighted by Crippen LogP contribution is 2.37. The van der Waals surface area contributed by atoms with Gasteiger partial charge in [0, 0.05) is 0 Å². The number of allylic oxidation sites excluding steroid dienone is 1. The molecule has 1 N–H and O–H groups in total. The van der Waals surface area contributed by atoms with E-state index in [1.54, 1.807) is 18.2 Å². The molecule has 2 rings (SSSR count). The van der Waals surface area contributed by atoms with Crippen molar-refractivity contribution in [3.8, 4) is 17.6 Å². The number of rotatable bonds is 8. The van der Waals surface area contributed by atoms with E-state index >= 15 is 0 Å². The van der Waals surface area contributed by atoms with Gasteiger partial charge in [-0.05, 0) is 35.6 Å². The first-order valence-corrected chi connectivity index (χ1v) is 8.37. The number of carbonyl (C=O) groups is 1. The van der Waals surface area contributed by atoms with Crippen molar-refractivity contribution in [1.82, 2.24) is 0 Å². The van der Waals surface area contributed by atoms with E-state index in [1.165, 1.54) is 0 Å². The number of ether oxygens (including phenoxy) is 2. The predicted octanol–water partition coefficient (Wildman–Crippen LogP) is 4.38. The summed E-state index contributed by atoms with van der Waals surface area (Å²) in [6.45, 7) is 4.40. The number of fused-ring (bicyclic) bond motifs is 1. The van der Waals surface area contributed by atoms with Crippen molar-refractivity contribution in [2.75, 3.05) is 6.79 Å². The highest BCUT2D eigenvalue weighted by molar-refractivity contribution is 6.00. The van der Waals surface area contributed by atoms with Crippen molar-refractivity contribution >= 4 is 11.5 Å². The zero-order valence-corrected chi connectivity index (χ0v) is 14.2. The van der Waals surface area contributed by atoms with Gasteiger partial charge in [0.2, 0.25) is 6.79 Å². The lowest BCUT2D eigenvalue weighted by atomic mass is 9.86. The van der Waals surface area contributed by atoms with Crippen LogP contribution in [0.1, 0.15) is 51.5 Å². The molecule has 1 aromatic carbocycles. The predicted molar refractivity (Wildman–Crippen MR) is 90.7 cm³/mol. The molecule has 128 valence electrons. The van der Waals surface area contributed by atoms with Gasteiger partial charge in [-0.15, -0.1) is 0 Å². The number of hydrogen-bond acceptors (Lipinski definition) is 4. The molecule has 5 heteroatoms. The van der Waals surface area contributed by atoms with Crippen LogP contribution in [0, 0.1) is 17.2 Å². The van der Waals surface area contributed by atoms with Gasteiger partial charge in [0.05, 0.1) is 0 Å². The molecule has 1 unspecified atom stereocenters. The van der Waals surface area contributed by atoms with Gasteiger partial charge in [0.25, 0.3) is 0 Å². The van der Waals surface area contributed by atoms with Gasteiger partial charge >= 0.3 is 5.97 Å². The maximum absolute atomic E-state index is 11.5. The molecule has 0 aromatic heterocycles. The fraction of sp³-hybridized carbons (Fsp3) is 0.474. The molecule has 0 spiro atoms. The summed E-state index contributed by atoms with van der Waals surface area (Å²) in [5, 5.41) is 18.8. The summed E-state index contributed by atoms with van der Waals surface area (Å²) in [6, 6.07) is 7.20. The Morgan fingerprint density at radius 3 is 2.71 bits per heavy atom. The quantitative estimate of drug-likeness (QED) is 0.565. The van der Waals surface area contributed by atoms with Crippen LogP contribution in [-0.4, -0.2) is 17.9 Å². The number of carboxylic acid groups (broad SMARTS) is 1. The van der Waals surface area contributed by atoms with E-state index in [0.717, 1.165) is 25.7 Å². The lowest BCUT2D eigenvalue weighted by Gasteiger charge is -2.18. The van der Waals surface area contributed by atoms with E-state index in [0.29, 0.717) is 35.0 Å². The lowest BCUT2D eigenvalue weighted by Crippen LogP contribution is -2.07. The Morgan fingerprint density at radius 2 is 2.08 bits per heavy atom. The van der Waals surface area contributed by atoms with Gasteiger partial charge in [-0.25, -0.2) is 4.79 Å². The summed E-state index contributed by atoms with van der Waals surface area (Å²) < 4.78 is 10.7. The zero-order valence-electron chi connectivity index (χ0n) is 14.2. The molecule has 0 radical (unpaired) electrons. The van der Waals surface area contributed by atoms with E-state index in [1.807, 2.05) is 6.07 Å². The summed E-state index contributed by atoms with van der Waals surface area (Å²) in [4.78, 5) is 11.5. The van der Waals surface area contributed by atoms with Crippen molar-refractivity contribution in [2.45, 2.75) is 46.0 Å². The monoisotopic (exact) mass is 329 g/mol. The van der Waals surface area contributed by atoms with Crippen LogP contribution in [0.3, 0.4) is 0 Å². The van der Waals surface area contributed by atoms with Crippen molar-refractivity contribution in [1.29, 1.82) is 5.26 Å². The van der Waals surface area contributed by atoms with E-state index in [-0.39, 0.29) is 12.4 Å². The van der Waals surface area contributed by atoms with Crippen LogP contribution in [0.2, 0.25) is 0 Å². The Bertz CT molecular complexity index is 672. The molecule has 1 heterocycles. The maximum atomic E-state index is 11.5. The first kappa shape index (κ1) is 17.9. The Kier molecular flexibility index (Phi) is 6.25. The number of nitriles is 1. The van der Waals surface area contributed by atoms with Crippen LogP contribution in [0.4, 0.5) is 0 Å². The normalized spacial score (nSPS) is 14.7. The third-order valence-electron chi connectivity index (χ3n) is 4.38. The fourth-order valence-electron chi connectivity index (χ4n) is 2.92. The lowest BCUT2D eigenvalue weighted by molar-refractivity contribution is -0.132. The molecule has 24 heavy (non-hydrogen) atoms. The van der Waals surface area contributed by atoms with Crippen molar-refractivity contribution in [2.24, 2.45) is 5.92 Å². The summed E-state index contributed by atoms with van der Waals surface area (Å²) in [5.74, 6) is 0.405. The van der Waals surface area contributed by atoms with Crippen molar-refractivity contribution in [3.05, 3.63) is 29.3 Å². The second-order valence-electron chi connectivity index (χ2n) is 5.96. The summed E-state index contributed by atoms with van der Waals surface area (Å²) in [5.41, 5.74) is 1.10. The van der Waals surface area contributed by atoms with Crippen LogP contribution in [-0.2, 0) is 4.79 Å². The van der Waals surface area contributed by atoms with E-state index < -0.39 is 5.97 Å². The molecular weight excluding hydrogens is 306 g/mol. The molecule has 1 atom stereocenters. The molecule has 1 aliphatic heterocycles. The molecule has 0 saturated heterocycles. The highest BCUT2D eigenvalue weighted by Gasteiger charge is 2.22. The summed E-state index contributed by atoms with van der Waals surface area (Å²) in [7, 11) is 0. The molecule has 1 aromatic rings. The van der Waals surface area contributed by atoms with Crippen molar-refractivity contribution < 1.29 is 19.4 Å². The minimum Gasteiger partial charge on any atom is -0.477 e. The summed E-state index contributed by atoms with van der Waals surface area (Å²) >= 11 is 0. The number of aliphatic carboxylic acids is 1. The second kappa shape index (κ2) is 8.39. The average Bonchev–Trinajstić information content (AvgIpc) is 3.04. The fourth-order valence-corrected chi connectivity index (χ4v) is 2.92. The molecule has 0 saturated carbocycles. The van der Waals surface area contributed by atoms with Gasteiger partial charge in [-0.2, -0.15) is 5.26 Å². The van der Waals surface area contributed by atoms with Crippen LogP contribution in [0.5, 0.6) is 11.5 Å². The second-order valence-corrected chi connectivity index (χ2v) is 5.96. The van der Waals surface area contributed by atoms with Gasteiger partial charge in [0.15, 0.2) is 11.5 Å². The third-order valence-corrected chi connectivity index (χ3v) is 4.38. The third kappa shape index (κ3) is 4.08. The smallest absolute Gasteiger partial charge is 0.346 e. The van der Waals surface area contributed by atoms with Crippen LogP contribution >= 0.6 is 0 Å². The first-order valence-electron chi connectivity index (χ1n) is 8.37. The Hall–Kier alpha value is -2.48. The SMILES string of the molecule is CCCCC(CC)CC(=C(C#N)C(=O)O)c1ccc2c(c1)OCO2. The number of benzene rings is 1. The molecule has 0 fully saturated rings. The molecule has 0 aliphatic carbocycles. The zero-order chi connectivity index (χ0) is 17.5. The standard InChI is InChI=1S/C19H23NO4/c1-3-5-6-13(4-2)9-15(16(11-20)19(21)22)14-7-8-17-18(10-14)24-12-23-17/h7-8,10,13H,3-6,9,12H2,1-2H3,(H,21,22). The largest absolute Gasteiger partial charge is 0.477 e. The molecule has 0 amide bonds. The van der Waals surface area contributed by atoms with E-state index in [9.17, 15) is 15.2 Å². The minimum absolute atomic E-state index is 0.163. The van der Waals surface area contributed by atoms with Gasteiger partial charge in [-0.1, -0.05) is 45.6 Å². The Morgan fingerprint density at radius 1 is 1.33 bits per heavy atom. The minimum atomic E-state index is -1.18. The highest BCUT2D eigenvalue weighted by atomic mass is 16.7. The number of nitrogens with zero attached hydrogens (tertiary/aromatic N) is 1. The molecule has 5 nitrogen and oxygen atoms in total. The maximum Gasteiger partial charge on any atom is 0.346 e. The van der Waals surface area contributed by atoms with Gasteiger partial charge < -0.3 is 14.6 Å². The summed E-state index contributed by atoms with van der Waals surface area (Å²) in [6.07, 6.45) is 4.75. The number of hydrogen-bond donors (Lipinski definition) is 1. The van der Waals surface area contributed by atoms with Gasteiger partial charge in [-0.3, -0.25) is 0 Å². The topological polar surface area (TPSA) is 79.6 Å². The average molecular weight is 329 g/mol. The van der Waals surface area contributed by atoms with Crippen molar-refractivity contribution in [3.63, 3.8) is 0 Å². The molecule has 1 aliphatic rings. The van der Waals surface area contributed by atoms with Crippen LogP contribution in [0.15, 0.2) is 23.8 Å². The van der Waals surface area contributed by atoms with Crippen LogP contribution in [0.25, 0.3) is 5.57 Å². The van der Waals surface area contributed by atoms with Gasteiger partial charge in [0.1, 0.15) is 11.6 Å². The number of carboxylic acids is 1. The molecular formula is C19H23NO4. The van der Waals surface area contributed by atoms with Crippen LogP contribution < -0.4 is 9.47 Å². The molecule has 0 bridgehead atoms. The Labute approximate surface area is 142 Å². The Balaban J connectivity index is 2.40.